The number of hydrogen-bond donors (Lipinski definition) is 0. The Labute approximate surface area is 169 Å². The van der Waals surface area contributed by atoms with E-state index in [1.165, 1.54) is 62.2 Å². The van der Waals surface area contributed by atoms with E-state index in [9.17, 15) is 0 Å². The van der Waals surface area contributed by atoms with Gasteiger partial charge in [-0.05, 0) is 55.8 Å². The molecule has 4 heteroatoms. The topological polar surface area (TPSA) is 21.7 Å². The lowest BCUT2D eigenvalue weighted by Crippen LogP contribution is -2.52. The second-order valence-electron chi connectivity index (χ2n) is 7.90. The molecule has 27 heavy (non-hydrogen) atoms. The summed E-state index contributed by atoms with van der Waals surface area (Å²) in [5.74, 6) is 1.65. The van der Waals surface area contributed by atoms with E-state index in [1.807, 2.05) is 6.07 Å². The molecule has 0 radical (unpaired) electrons. The smallest absolute Gasteiger partial charge is 0.160 e. The average Bonchev–Trinajstić information content (AvgIpc) is 2.71. The molecule has 0 spiro atoms. The van der Waals surface area contributed by atoms with E-state index in [0.717, 1.165) is 24.5 Å². The van der Waals surface area contributed by atoms with Crippen molar-refractivity contribution in [1.29, 1.82) is 0 Å². The van der Waals surface area contributed by atoms with Crippen molar-refractivity contribution >= 4 is 8.24 Å². The van der Waals surface area contributed by atoms with E-state index in [1.54, 1.807) is 14.2 Å². The van der Waals surface area contributed by atoms with Crippen molar-refractivity contribution in [2.24, 2.45) is 0 Å². The first-order chi connectivity index (χ1) is 13.1. The Morgan fingerprint density at radius 2 is 1.33 bits per heavy atom. The molecule has 0 unspecified atom stereocenters. The molecule has 0 fully saturated rings. The van der Waals surface area contributed by atoms with Crippen LogP contribution in [-0.2, 0) is 6.42 Å². The summed E-state index contributed by atoms with van der Waals surface area (Å²) in [5.41, 5.74) is 1.34. The SMILES string of the molecule is CCCC[Si](CCCC)(CCCC)N(C)CCc1ccc(OC)c(OC)c1. The Morgan fingerprint density at radius 1 is 0.815 bits per heavy atom. The van der Waals surface area contributed by atoms with Crippen molar-refractivity contribution in [3.8, 4) is 11.5 Å². The largest absolute Gasteiger partial charge is 0.493 e. The number of ether oxygens (including phenoxy) is 2. The Morgan fingerprint density at radius 3 is 1.78 bits per heavy atom. The molecule has 0 saturated carbocycles. The summed E-state index contributed by atoms with van der Waals surface area (Å²) < 4.78 is 13.7. The predicted molar refractivity (Wildman–Crippen MR) is 121 cm³/mol. The normalized spacial score (nSPS) is 11.8. The van der Waals surface area contributed by atoms with Gasteiger partial charge in [0.05, 0.1) is 14.2 Å². The number of methoxy groups -OCH3 is 2. The molecule has 1 aromatic rings. The van der Waals surface area contributed by atoms with Crippen LogP contribution in [0.4, 0.5) is 0 Å². The molecule has 3 nitrogen and oxygen atoms in total. The summed E-state index contributed by atoms with van der Waals surface area (Å²) in [6.45, 7) is 8.16. The quantitative estimate of drug-likeness (QED) is 0.316. The molecule has 0 heterocycles. The van der Waals surface area contributed by atoms with E-state index in [4.69, 9.17) is 9.47 Å². The number of unbranched alkanes of at least 4 members (excludes halogenated alkanes) is 3. The second-order valence-corrected chi connectivity index (χ2v) is 12.6. The van der Waals surface area contributed by atoms with Crippen LogP contribution >= 0.6 is 0 Å². The average molecular weight is 394 g/mol. The number of likely N-dealkylation sites (N-methyl/N-ethyl adjacent to an activating group) is 1. The van der Waals surface area contributed by atoms with Crippen molar-refractivity contribution in [1.82, 2.24) is 4.57 Å². The molecule has 0 N–H and O–H groups in total. The molecule has 0 amide bonds. The third kappa shape index (κ3) is 7.50. The van der Waals surface area contributed by atoms with Crippen LogP contribution in [0.25, 0.3) is 0 Å². The van der Waals surface area contributed by atoms with Gasteiger partial charge in [-0.1, -0.05) is 65.4 Å². The lowest BCUT2D eigenvalue weighted by molar-refractivity contribution is 0.354. The van der Waals surface area contributed by atoms with Gasteiger partial charge in [0.2, 0.25) is 0 Å². The summed E-state index contributed by atoms with van der Waals surface area (Å²) in [4.78, 5) is 0. The molecule has 0 atom stereocenters. The van der Waals surface area contributed by atoms with E-state index in [0.29, 0.717) is 0 Å². The van der Waals surface area contributed by atoms with Gasteiger partial charge < -0.3 is 14.0 Å². The van der Waals surface area contributed by atoms with Crippen LogP contribution in [0.1, 0.15) is 64.9 Å². The standard InChI is InChI=1S/C23H43NO2Si/c1-7-10-17-27(18-11-8-2,19-12-9-3)24(4)16-15-21-13-14-22(25-5)23(20-21)26-6/h13-14,20H,7-12,15-19H2,1-6H3. The minimum absolute atomic E-state index is 0.812. The van der Waals surface area contributed by atoms with Crippen LogP contribution in [0.15, 0.2) is 18.2 Å². The number of hydrogen-bond acceptors (Lipinski definition) is 3. The van der Waals surface area contributed by atoms with E-state index in [-0.39, 0.29) is 0 Å². The molecule has 156 valence electrons. The van der Waals surface area contributed by atoms with Gasteiger partial charge in [-0.3, -0.25) is 0 Å². The molecule has 0 aliphatic heterocycles. The summed E-state index contributed by atoms with van der Waals surface area (Å²) in [6, 6.07) is 10.7. The summed E-state index contributed by atoms with van der Waals surface area (Å²) in [7, 11) is 4.44. The highest BCUT2D eigenvalue weighted by atomic mass is 28.3. The second kappa shape index (κ2) is 13.2. The molecular formula is C23H43NO2Si. The minimum Gasteiger partial charge on any atom is -0.493 e. The monoisotopic (exact) mass is 393 g/mol. The maximum Gasteiger partial charge on any atom is 0.160 e. The van der Waals surface area contributed by atoms with Crippen molar-refractivity contribution in [2.45, 2.75) is 83.8 Å². The van der Waals surface area contributed by atoms with Gasteiger partial charge in [0.15, 0.2) is 11.5 Å². The third-order valence-electron chi connectivity index (χ3n) is 5.98. The molecule has 1 aromatic carbocycles. The molecular weight excluding hydrogens is 350 g/mol. The highest BCUT2D eigenvalue weighted by molar-refractivity contribution is 6.77. The van der Waals surface area contributed by atoms with E-state index in [2.05, 4.69) is 44.5 Å². The lowest BCUT2D eigenvalue weighted by atomic mass is 10.1. The zero-order valence-electron chi connectivity index (χ0n) is 18.8. The van der Waals surface area contributed by atoms with E-state index < -0.39 is 8.24 Å². The van der Waals surface area contributed by atoms with Crippen LogP contribution in [0.3, 0.4) is 0 Å². The first-order valence-electron chi connectivity index (χ1n) is 11.0. The Hall–Kier alpha value is -1.00. The highest BCUT2D eigenvalue weighted by Crippen LogP contribution is 2.32. The summed E-state index contributed by atoms with van der Waals surface area (Å²) >= 11 is 0. The van der Waals surface area contributed by atoms with Crippen LogP contribution in [0.5, 0.6) is 11.5 Å². The fourth-order valence-corrected chi connectivity index (χ4v) is 9.55. The fourth-order valence-electron chi connectivity index (χ4n) is 4.04. The molecule has 1 rings (SSSR count). The zero-order valence-corrected chi connectivity index (χ0v) is 19.8. The maximum absolute atomic E-state index is 5.48. The molecule has 0 saturated heterocycles. The predicted octanol–water partition coefficient (Wildman–Crippen LogP) is 6.52. The Bertz CT molecular complexity index is 499. The minimum atomic E-state index is -1.38. The van der Waals surface area contributed by atoms with Gasteiger partial charge in [0.1, 0.15) is 8.24 Å². The van der Waals surface area contributed by atoms with Crippen molar-refractivity contribution < 1.29 is 9.47 Å². The van der Waals surface area contributed by atoms with Gasteiger partial charge in [-0.2, -0.15) is 0 Å². The fraction of sp³-hybridized carbons (Fsp3) is 0.739. The first-order valence-corrected chi connectivity index (χ1v) is 13.6. The molecule has 0 aliphatic carbocycles. The lowest BCUT2D eigenvalue weighted by Gasteiger charge is -2.41. The van der Waals surface area contributed by atoms with Crippen LogP contribution < -0.4 is 9.47 Å². The van der Waals surface area contributed by atoms with Crippen LogP contribution in [0, 0.1) is 0 Å². The van der Waals surface area contributed by atoms with Crippen molar-refractivity contribution in [3.05, 3.63) is 23.8 Å². The molecule has 0 aromatic heterocycles. The van der Waals surface area contributed by atoms with Gasteiger partial charge in [-0.25, -0.2) is 0 Å². The number of rotatable bonds is 15. The van der Waals surface area contributed by atoms with Crippen molar-refractivity contribution in [2.75, 3.05) is 27.8 Å². The van der Waals surface area contributed by atoms with Crippen molar-refractivity contribution in [3.63, 3.8) is 0 Å². The van der Waals surface area contributed by atoms with Gasteiger partial charge in [0.25, 0.3) is 0 Å². The van der Waals surface area contributed by atoms with Crippen LogP contribution in [-0.4, -0.2) is 40.6 Å². The van der Waals surface area contributed by atoms with Crippen LogP contribution in [0.2, 0.25) is 18.1 Å². The third-order valence-corrected chi connectivity index (χ3v) is 11.7. The zero-order chi connectivity index (χ0) is 20.1. The Kier molecular flexibility index (Phi) is 11.8. The van der Waals surface area contributed by atoms with E-state index >= 15 is 0 Å². The van der Waals surface area contributed by atoms with Gasteiger partial charge in [0, 0.05) is 0 Å². The van der Waals surface area contributed by atoms with Gasteiger partial charge >= 0.3 is 0 Å². The molecule has 0 bridgehead atoms. The number of benzene rings is 1. The first kappa shape index (κ1) is 24.0. The molecule has 0 aliphatic rings. The highest BCUT2D eigenvalue weighted by Gasteiger charge is 2.35. The number of nitrogens with zero attached hydrogens (tertiary/aromatic N) is 1. The van der Waals surface area contributed by atoms with Gasteiger partial charge in [-0.15, -0.1) is 0 Å². The summed E-state index contributed by atoms with van der Waals surface area (Å²) in [6.07, 6.45) is 9.20. The Balaban J connectivity index is 2.88. The maximum atomic E-state index is 5.48. The summed E-state index contributed by atoms with van der Waals surface area (Å²) in [5, 5.41) is 0.